The average Bonchev–Trinajstić information content (AvgIpc) is 3.03. The Morgan fingerprint density at radius 3 is 2.86 bits per heavy atom. The Kier molecular flexibility index (Phi) is 3.82. The lowest BCUT2D eigenvalue weighted by molar-refractivity contribution is 0.0702. The van der Waals surface area contributed by atoms with E-state index in [-0.39, 0.29) is 5.41 Å². The van der Waals surface area contributed by atoms with Gasteiger partial charge < -0.3 is 5.11 Å². The molecule has 0 spiro atoms. The zero-order valence-corrected chi connectivity index (χ0v) is 14.0. The summed E-state index contributed by atoms with van der Waals surface area (Å²) in [5.41, 5.74) is 3.39. The second-order valence-corrected chi connectivity index (χ2v) is 7.99. The fourth-order valence-electron chi connectivity index (χ4n) is 2.70. The number of aromatic carboxylic acids is 1. The van der Waals surface area contributed by atoms with Crippen LogP contribution in [0.5, 0.6) is 0 Å². The van der Waals surface area contributed by atoms with Gasteiger partial charge >= 0.3 is 5.97 Å². The zero-order valence-electron chi connectivity index (χ0n) is 13.1. The highest BCUT2D eigenvalue weighted by Gasteiger charge is 2.23. The van der Waals surface area contributed by atoms with Gasteiger partial charge in [0.1, 0.15) is 4.88 Å². The second kappa shape index (κ2) is 5.52. The first-order valence-corrected chi connectivity index (χ1v) is 8.26. The molecule has 3 heterocycles. The molecule has 0 saturated heterocycles. The minimum absolute atomic E-state index is 0.0492. The maximum absolute atomic E-state index is 11.1. The number of nitrogens with zero attached hydrogens (tertiary/aromatic N) is 2. The van der Waals surface area contributed by atoms with Gasteiger partial charge in [-0.1, -0.05) is 20.8 Å². The molecular formula is C16H21N3O2S. The number of rotatable bonds is 3. The molecule has 22 heavy (non-hydrogen) atoms. The number of carboxylic acids is 1. The molecule has 0 aromatic carbocycles. The van der Waals surface area contributed by atoms with Crippen molar-refractivity contribution in [1.82, 2.24) is 15.1 Å². The number of fused-ring (bicyclic) bond motifs is 1. The predicted octanol–water partition coefficient (Wildman–Crippen LogP) is 3.03. The van der Waals surface area contributed by atoms with Crippen molar-refractivity contribution < 1.29 is 9.90 Å². The second-order valence-electron chi connectivity index (χ2n) is 6.85. The van der Waals surface area contributed by atoms with Crippen molar-refractivity contribution >= 4 is 17.3 Å². The summed E-state index contributed by atoms with van der Waals surface area (Å²) in [7, 11) is 0. The van der Waals surface area contributed by atoms with E-state index in [0.717, 1.165) is 43.0 Å². The Bertz CT molecular complexity index is 697. The van der Waals surface area contributed by atoms with Crippen LogP contribution in [0.15, 0.2) is 12.1 Å². The minimum Gasteiger partial charge on any atom is -0.477 e. The molecule has 1 aliphatic rings. The number of hydrogen-bond acceptors (Lipinski definition) is 4. The summed E-state index contributed by atoms with van der Waals surface area (Å²) in [6.45, 7) is 9.04. The maximum atomic E-state index is 11.1. The Labute approximate surface area is 134 Å². The maximum Gasteiger partial charge on any atom is 0.345 e. The molecule has 3 rings (SSSR count). The van der Waals surface area contributed by atoms with Crippen molar-refractivity contribution in [1.29, 1.82) is 0 Å². The molecule has 0 radical (unpaired) electrons. The van der Waals surface area contributed by atoms with Crippen molar-refractivity contribution in [3.8, 4) is 0 Å². The van der Waals surface area contributed by atoms with E-state index >= 15 is 0 Å². The van der Waals surface area contributed by atoms with Crippen LogP contribution >= 0.6 is 11.3 Å². The van der Waals surface area contributed by atoms with E-state index in [2.05, 4.69) is 41.9 Å². The molecule has 2 aromatic rings. The lowest BCUT2D eigenvalue weighted by atomic mass is 9.92. The van der Waals surface area contributed by atoms with E-state index in [1.807, 2.05) is 6.07 Å². The first-order chi connectivity index (χ1) is 10.3. The van der Waals surface area contributed by atoms with Crippen LogP contribution < -0.4 is 0 Å². The summed E-state index contributed by atoms with van der Waals surface area (Å²) in [5.74, 6) is -0.825. The van der Waals surface area contributed by atoms with Gasteiger partial charge in [0.2, 0.25) is 0 Å². The van der Waals surface area contributed by atoms with Crippen molar-refractivity contribution in [3.63, 3.8) is 0 Å². The van der Waals surface area contributed by atoms with Crippen LogP contribution in [0.25, 0.3) is 0 Å². The molecule has 0 unspecified atom stereocenters. The van der Waals surface area contributed by atoms with E-state index in [1.54, 1.807) is 0 Å². The summed E-state index contributed by atoms with van der Waals surface area (Å²) in [4.78, 5) is 15.1. The van der Waals surface area contributed by atoms with Crippen LogP contribution in [0.1, 0.15) is 52.3 Å². The number of hydrogen-bond donors (Lipinski definition) is 2. The van der Waals surface area contributed by atoms with E-state index in [0.29, 0.717) is 4.88 Å². The first-order valence-electron chi connectivity index (χ1n) is 7.45. The molecule has 5 nitrogen and oxygen atoms in total. The highest BCUT2D eigenvalue weighted by Crippen LogP contribution is 2.29. The Hall–Kier alpha value is -1.66. The molecule has 0 fully saturated rings. The zero-order chi connectivity index (χ0) is 15.9. The first kappa shape index (κ1) is 15.2. The smallest absolute Gasteiger partial charge is 0.345 e. The average molecular weight is 319 g/mol. The van der Waals surface area contributed by atoms with Gasteiger partial charge in [-0.3, -0.25) is 10.00 Å². The van der Waals surface area contributed by atoms with Crippen LogP contribution in [0.3, 0.4) is 0 Å². The standard InChI is InChI=1S/C16H21N3O2S/c1-16(2,3)14-7-11(17-18-14)9-19-5-4-12-10(8-19)6-13(22-12)15(20)21/h6-7H,4-5,8-9H2,1-3H3,(H,17,18)(H,20,21). The molecular weight excluding hydrogens is 298 g/mol. The lowest BCUT2D eigenvalue weighted by Crippen LogP contribution is -2.29. The van der Waals surface area contributed by atoms with Crippen LogP contribution in [0, 0.1) is 0 Å². The normalized spacial score (nSPS) is 15.8. The highest BCUT2D eigenvalue weighted by molar-refractivity contribution is 7.14. The topological polar surface area (TPSA) is 69.2 Å². The van der Waals surface area contributed by atoms with Crippen LogP contribution in [0.2, 0.25) is 0 Å². The summed E-state index contributed by atoms with van der Waals surface area (Å²) >= 11 is 1.41. The monoisotopic (exact) mass is 319 g/mol. The van der Waals surface area contributed by atoms with E-state index < -0.39 is 5.97 Å². The molecule has 0 amide bonds. The summed E-state index contributed by atoms with van der Waals surface area (Å²) in [5, 5.41) is 16.6. The van der Waals surface area contributed by atoms with Crippen LogP contribution in [0.4, 0.5) is 0 Å². The van der Waals surface area contributed by atoms with Crippen molar-refractivity contribution in [2.45, 2.75) is 45.7 Å². The molecule has 2 aromatic heterocycles. The van der Waals surface area contributed by atoms with E-state index in [9.17, 15) is 4.79 Å². The SMILES string of the molecule is CC(C)(C)c1cc(CN2CCc3sc(C(=O)O)cc3C2)[nH]n1. The number of aromatic nitrogens is 2. The van der Waals surface area contributed by atoms with Gasteiger partial charge in [-0.25, -0.2) is 4.79 Å². The molecule has 0 aliphatic carbocycles. The summed E-state index contributed by atoms with van der Waals surface area (Å²) in [6, 6.07) is 3.95. The molecule has 0 atom stereocenters. The van der Waals surface area contributed by atoms with Crippen molar-refractivity contribution in [3.05, 3.63) is 38.8 Å². The highest BCUT2D eigenvalue weighted by atomic mass is 32.1. The van der Waals surface area contributed by atoms with Gasteiger partial charge in [0, 0.05) is 35.6 Å². The molecule has 1 aliphatic heterocycles. The van der Waals surface area contributed by atoms with Gasteiger partial charge in [-0.05, 0) is 24.1 Å². The third-order valence-electron chi connectivity index (χ3n) is 3.95. The van der Waals surface area contributed by atoms with Gasteiger partial charge in [-0.15, -0.1) is 11.3 Å². The lowest BCUT2D eigenvalue weighted by Gasteiger charge is -2.26. The number of H-pyrrole nitrogens is 1. The molecule has 0 bridgehead atoms. The minimum atomic E-state index is -0.825. The molecule has 118 valence electrons. The number of thiophene rings is 1. The Morgan fingerprint density at radius 1 is 1.45 bits per heavy atom. The van der Waals surface area contributed by atoms with Crippen LogP contribution in [-0.4, -0.2) is 32.7 Å². The van der Waals surface area contributed by atoms with Gasteiger partial charge in [0.05, 0.1) is 5.69 Å². The van der Waals surface area contributed by atoms with Gasteiger partial charge in [-0.2, -0.15) is 5.10 Å². The largest absolute Gasteiger partial charge is 0.477 e. The van der Waals surface area contributed by atoms with Crippen molar-refractivity contribution in [2.75, 3.05) is 6.54 Å². The molecule has 6 heteroatoms. The van der Waals surface area contributed by atoms with Gasteiger partial charge in [0.15, 0.2) is 0 Å². The predicted molar refractivity (Wildman–Crippen MR) is 86.4 cm³/mol. The fraction of sp³-hybridized carbons (Fsp3) is 0.500. The number of nitrogens with one attached hydrogen (secondary N) is 1. The Balaban J connectivity index is 1.70. The van der Waals surface area contributed by atoms with E-state index in [4.69, 9.17) is 5.11 Å². The summed E-state index contributed by atoms with van der Waals surface area (Å²) < 4.78 is 0. The van der Waals surface area contributed by atoms with Crippen molar-refractivity contribution in [2.24, 2.45) is 0 Å². The molecule has 2 N–H and O–H groups in total. The molecule has 0 saturated carbocycles. The Morgan fingerprint density at radius 2 is 2.23 bits per heavy atom. The third kappa shape index (κ3) is 3.08. The fourth-order valence-corrected chi connectivity index (χ4v) is 3.70. The number of carboxylic acid groups (broad SMARTS) is 1. The van der Waals surface area contributed by atoms with Crippen LogP contribution in [-0.2, 0) is 24.9 Å². The number of aromatic amines is 1. The quantitative estimate of drug-likeness (QED) is 0.912. The third-order valence-corrected chi connectivity index (χ3v) is 5.17. The van der Waals surface area contributed by atoms with E-state index in [1.165, 1.54) is 16.2 Å². The van der Waals surface area contributed by atoms with Gasteiger partial charge in [0.25, 0.3) is 0 Å². The number of carbonyl (C=O) groups is 1. The summed E-state index contributed by atoms with van der Waals surface area (Å²) in [6.07, 6.45) is 0.924.